The molecule has 4 aromatic rings. The van der Waals surface area contributed by atoms with Gasteiger partial charge in [0, 0.05) is 42.6 Å². The van der Waals surface area contributed by atoms with Crippen LogP contribution < -0.4 is 5.32 Å². The van der Waals surface area contributed by atoms with Gasteiger partial charge in [-0.2, -0.15) is 4.31 Å². The van der Waals surface area contributed by atoms with E-state index in [0.29, 0.717) is 29.6 Å². The van der Waals surface area contributed by atoms with E-state index in [0.717, 1.165) is 17.5 Å². The molecule has 2 aliphatic heterocycles. The lowest BCUT2D eigenvalue weighted by molar-refractivity contribution is -0.0907. The molecule has 2 saturated heterocycles. The Balaban J connectivity index is 1.22. The second-order valence-corrected chi connectivity index (χ2v) is 15.1. The maximum absolute atomic E-state index is 14.3. The van der Waals surface area contributed by atoms with Crippen LogP contribution in [0.1, 0.15) is 37.0 Å². The summed E-state index contributed by atoms with van der Waals surface area (Å²) in [6.07, 6.45) is 2.91. The third-order valence-corrected chi connectivity index (χ3v) is 10.8. The van der Waals surface area contributed by atoms with Crippen molar-refractivity contribution >= 4 is 33.2 Å². The van der Waals surface area contributed by atoms with Gasteiger partial charge in [0.05, 0.1) is 48.3 Å². The van der Waals surface area contributed by atoms with Crippen molar-refractivity contribution in [2.24, 2.45) is 16.8 Å². The molecule has 4 N–H and O–H groups in total. The third-order valence-electron chi connectivity index (χ3n) is 8.94. The molecule has 2 aliphatic rings. The Hall–Kier alpha value is -4.34. The molecule has 0 bridgehead atoms. The van der Waals surface area contributed by atoms with Crippen LogP contribution in [0.2, 0.25) is 0 Å². The van der Waals surface area contributed by atoms with Gasteiger partial charge in [-0.25, -0.2) is 13.2 Å². The number of aliphatic imine (C=N–C) groups is 1. The lowest BCUT2D eigenvalue weighted by Gasteiger charge is -2.31. The summed E-state index contributed by atoms with van der Waals surface area (Å²) in [4.78, 5) is 24.5. The average Bonchev–Trinajstić information content (AvgIpc) is 3.80. The minimum absolute atomic E-state index is 0.0119. The number of benzene rings is 2. The molecule has 50 heavy (non-hydrogen) atoms. The normalized spacial score (nSPS) is 20.5. The number of hydrogen-bond acceptors (Lipinski definition) is 10. The molecule has 0 unspecified atom stereocenters. The summed E-state index contributed by atoms with van der Waals surface area (Å²) in [6.45, 7) is 4.70. The molecular formula is C36H43N5O8S. The molecule has 6 rings (SSSR count). The van der Waals surface area contributed by atoms with Crippen molar-refractivity contribution in [2.45, 2.75) is 62.7 Å². The van der Waals surface area contributed by atoms with Gasteiger partial charge in [-0.15, -0.1) is 0 Å². The van der Waals surface area contributed by atoms with E-state index in [4.69, 9.17) is 14.2 Å². The minimum Gasteiger partial charge on any atom is -0.494 e. The Kier molecular flexibility index (Phi) is 11.1. The molecule has 0 saturated carbocycles. The lowest BCUT2D eigenvalue weighted by Crippen LogP contribution is -2.51. The second kappa shape index (κ2) is 15.7. The van der Waals surface area contributed by atoms with Crippen LogP contribution in [0.5, 0.6) is 5.88 Å². The van der Waals surface area contributed by atoms with Crippen molar-refractivity contribution in [2.75, 3.05) is 26.3 Å². The number of carbonyl (C=O) groups is 1. The molecule has 5 atom stereocenters. The third kappa shape index (κ3) is 8.33. The topological polar surface area (TPSA) is 176 Å². The van der Waals surface area contributed by atoms with E-state index in [9.17, 15) is 23.4 Å². The smallest absolute Gasteiger partial charge is 0.407 e. The highest BCUT2D eigenvalue weighted by Gasteiger charge is 2.44. The summed E-state index contributed by atoms with van der Waals surface area (Å²) in [5, 5.41) is 25.6. The standard InChI is InChI=1S/C36H43N5O8S/c1-23(2)20-41(50(45,46)26-8-9-30-28(17-26)29(34(43)39-30)19-38-18-25-10-13-37-14-11-25)21-32(42)31(16-24-6-4-3-5-7-24)40-36(44)49-33-22-48-35-27(33)12-15-47-35/h3-11,13-14,17,19,23,27,31-33,35,39,42-43H,12,15-16,18,20-22H2,1-2H3,(H,40,44)/t27-,31-,32+,33-,35+/m0/s1. The average molecular weight is 706 g/mol. The van der Waals surface area contributed by atoms with E-state index in [1.54, 1.807) is 18.5 Å². The zero-order valence-electron chi connectivity index (χ0n) is 28.0. The fourth-order valence-electron chi connectivity index (χ4n) is 6.38. The number of aliphatic hydroxyl groups excluding tert-OH is 1. The first-order valence-corrected chi connectivity index (χ1v) is 18.2. The Morgan fingerprint density at radius 1 is 1.12 bits per heavy atom. The second-order valence-electron chi connectivity index (χ2n) is 13.1. The number of aromatic nitrogens is 2. The monoisotopic (exact) mass is 705 g/mol. The fraction of sp³-hybridized carbons (Fsp3) is 0.417. The number of rotatable bonds is 14. The number of hydrogen-bond donors (Lipinski definition) is 4. The zero-order chi connectivity index (χ0) is 35.3. The molecule has 2 fully saturated rings. The SMILES string of the molecule is CC(C)CN(C[C@@H](O)[C@H](Cc1ccccc1)NC(=O)O[C@H]1CO[C@H]2OCC[C@H]21)S(=O)(=O)c1ccc2[nH]c(O)c(C=NCc3ccncc3)c2c1. The molecular weight excluding hydrogens is 662 g/mol. The van der Waals surface area contributed by atoms with Gasteiger partial charge in [0.2, 0.25) is 10.0 Å². The summed E-state index contributed by atoms with van der Waals surface area (Å²) in [7, 11) is -4.17. The number of aromatic hydroxyl groups is 1. The maximum atomic E-state index is 14.3. The molecule has 13 nitrogen and oxygen atoms in total. The van der Waals surface area contributed by atoms with Gasteiger partial charge < -0.3 is 34.7 Å². The number of nitrogens with zero attached hydrogens (tertiary/aromatic N) is 3. The van der Waals surface area contributed by atoms with Crippen LogP contribution >= 0.6 is 0 Å². The molecule has 2 aromatic carbocycles. The number of alkyl carbamates (subject to hydrolysis) is 1. The van der Waals surface area contributed by atoms with E-state index in [1.165, 1.54) is 22.7 Å². The Morgan fingerprint density at radius 2 is 1.90 bits per heavy atom. The summed E-state index contributed by atoms with van der Waals surface area (Å²) in [5.41, 5.74) is 2.67. The van der Waals surface area contributed by atoms with E-state index >= 15 is 0 Å². The molecule has 1 amide bonds. The molecule has 2 aromatic heterocycles. The molecule has 0 radical (unpaired) electrons. The van der Waals surface area contributed by atoms with E-state index in [1.807, 2.05) is 56.3 Å². The van der Waals surface area contributed by atoms with Crippen molar-refractivity contribution in [3.05, 3.63) is 89.7 Å². The maximum Gasteiger partial charge on any atom is 0.407 e. The van der Waals surface area contributed by atoms with Crippen LogP contribution in [0.25, 0.3) is 10.9 Å². The van der Waals surface area contributed by atoms with Crippen molar-refractivity contribution in [3.8, 4) is 5.88 Å². The molecule has 14 heteroatoms. The summed E-state index contributed by atoms with van der Waals surface area (Å²) < 4.78 is 46.6. The zero-order valence-corrected chi connectivity index (χ0v) is 28.8. The number of ether oxygens (including phenoxy) is 3. The van der Waals surface area contributed by atoms with Gasteiger partial charge in [0.25, 0.3) is 0 Å². The number of H-pyrrole nitrogens is 1. The number of nitrogens with one attached hydrogen (secondary N) is 2. The number of aliphatic hydroxyl groups is 1. The number of pyridine rings is 1. The summed E-state index contributed by atoms with van der Waals surface area (Å²) in [6, 6.07) is 16.7. The first-order valence-electron chi connectivity index (χ1n) is 16.7. The number of sulfonamides is 1. The number of fused-ring (bicyclic) bond motifs is 2. The van der Waals surface area contributed by atoms with Gasteiger partial charge in [0.15, 0.2) is 12.2 Å². The van der Waals surface area contributed by atoms with Crippen LogP contribution in [-0.2, 0) is 37.2 Å². The minimum atomic E-state index is -4.17. The van der Waals surface area contributed by atoms with Crippen LogP contribution in [-0.4, -0.2) is 96.1 Å². The predicted octanol–water partition coefficient (Wildman–Crippen LogP) is 3.99. The van der Waals surface area contributed by atoms with Crippen molar-refractivity contribution in [1.29, 1.82) is 0 Å². The van der Waals surface area contributed by atoms with E-state index in [2.05, 4.69) is 20.3 Å². The highest BCUT2D eigenvalue weighted by Crippen LogP contribution is 2.33. The van der Waals surface area contributed by atoms with Crippen LogP contribution in [0.3, 0.4) is 0 Å². The number of amides is 1. The predicted molar refractivity (Wildman–Crippen MR) is 186 cm³/mol. The molecule has 0 aliphatic carbocycles. The van der Waals surface area contributed by atoms with Crippen LogP contribution in [0.4, 0.5) is 4.79 Å². The fourth-order valence-corrected chi connectivity index (χ4v) is 8.03. The quantitative estimate of drug-likeness (QED) is 0.141. The highest BCUT2D eigenvalue weighted by molar-refractivity contribution is 7.89. The lowest BCUT2D eigenvalue weighted by atomic mass is 10.0. The molecule has 4 heterocycles. The Labute approximate surface area is 291 Å². The van der Waals surface area contributed by atoms with Gasteiger partial charge in [-0.3, -0.25) is 9.98 Å². The Bertz CT molecular complexity index is 1890. The van der Waals surface area contributed by atoms with Gasteiger partial charge >= 0.3 is 6.09 Å². The first-order chi connectivity index (χ1) is 24.1. The van der Waals surface area contributed by atoms with Gasteiger partial charge in [0.1, 0.15) is 6.10 Å². The Morgan fingerprint density at radius 3 is 2.66 bits per heavy atom. The van der Waals surface area contributed by atoms with Crippen molar-refractivity contribution in [1.82, 2.24) is 19.6 Å². The number of aromatic amines is 1. The van der Waals surface area contributed by atoms with E-state index in [-0.39, 0.29) is 48.7 Å². The van der Waals surface area contributed by atoms with Crippen molar-refractivity contribution in [3.63, 3.8) is 0 Å². The summed E-state index contributed by atoms with van der Waals surface area (Å²) >= 11 is 0. The summed E-state index contributed by atoms with van der Waals surface area (Å²) in [5.74, 6) is -0.274. The van der Waals surface area contributed by atoms with Gasteiger partial charge in [-0.1, -0.05) is 44.2 Å². The van der Waals surface area contributed by atoms with Crippen molar-refractivity contribution < 1.29 is 37.6 Å². The first kappa shape index (κ1) is 35.5. The number of carbonyl (C=O) groups excluding carboxylic acids is 1. The van der Waals surface area contributed by atoms with Crippen LogP contribution in [0, 0.1) is 11.8 Å². The largest absolute Gasteiger partial charge is 0.494 e. The van der Waals surface area contributed by atoms with Crippen LogP contribution in [0.15, 0.2) is 82.9 Å². The molecule has 0 spiro atoms. The van der Waals surface area contributed by atoms with E-state index < -0.39 is 40.7 Å². The molecule has 266 valence electrons. The highest BCUT2D eigenvalue weighted by atomic mass is 32.2. The van der Waals surface area contributed by atoms with Gasteiger partial charge in [-0.05, 0) is 60.2 Å².